The fraction of sp³-hybridized carbons (Fsp3) is 0.833. The summed E-state index contributed by atoms with van der Waals surface area (Å²) in [6.07, 6.45) is 0. The first kappa shape index (κ1) is 10.6. The maximum atomic E-state index is 10.9. The highest BCUT2D eigenvalue weighted by molar-refractivity contribution is 7.79. The van der Waals surface area contributed by atoms with Crippen LogP contribution < -0.4 is 0 Å². The lowest BCUT2D eigenvalue weighted by atomic mass is 9.97. The fourth-order valence-electron chi connectivity index (χ4n) is 0.644. The third kappa shape index (κ3) is 3.48. The molecule has 0 aliphatic carbocycles. The van der Waals surface area contributed by atoms with Crippen molar-refractivity contribution in [3.05, 3.63) is 0 Å². The van der Waals surface area contributed by atoms with Gasteiger partial charge in [-0.15, -0.1) is 0 Å². The number of hydrogen-bond donors (Lipinski definition) is 1. The van der Waals surface area contributed by atoms with Crippen LogP contribution >= 0.6 is 0 Å². The monoisotopic (exact) mass is 180 g/mol. The van der Waals surface area contributed by atoms with E-state index in [9.17, 15) is 9.00 Å². The summed E-state index contributed by atoms with van der Waals surface area (Å²) in [4.78, 5) is 10.9. The molecule has 1 N–H and O–H groups in total. The topological polar surface area (TPSA) is 63.6 Å². The Morgan fingerprint density at radius 2 is 2.09 bits per heavy atom. The minimum Gasteiger partial charge on any atom is -0.469 e. The predicted molar refractivity (Wildman–Crippen MR) is 41.4 cm³/mol. The van der Waals surface area contributed by atoms with Crippen LogP contribution in [0.15, 0.2) is 0 Å². The normalized spacial score (nSPS) is 14.2. The molecule has 0 aliphatic rings. The Kier molecular flexibility index (Phi) is 3.68. The fourth-order valence-corrected chi connectivity index (χ4v) is 1.38. The molecule has 66 valence electrons. The molecule has 0 amide bonds. The molecule has 0 saturated heterocycles. The average Bonchev–Trinajstić information content (AvgIpc) is 1.83. The number of hydrogen-bond acceptors (Lipinski definition) is 3. The van der Waals surface area contributed by atoms with E-state index in [1.54, 1.807) is 13.8 Å². The molecular weight excluding hydrogens is 168 g/mol. The summed E-state index contributed by atoms with van der Waals surface area (Å²) in [6, 6.07) is 0. The van der Waals surface area contributed by atoms with Crippen molar-refractivity contribution in [1.29, 1.82) is 0 Å². The summed E-state index contributed by atoms with van der Waals surface area (Å²) in [7, 11) is 1.25. The molecule has 1 unspecified atom stereocenters. The summed E-state index contributed by atoms with van der Waals surface area (Å²) < 4.78 is 23.3. The molecule has 5 heteroatoms. The van der Waals surface area contributed by atoms with Gasteiger partial charge in [0.25, 0.3) is 0 Å². The number of carbonyl (C=O) groups excluding carboxylic acids is 1. The molecule has 0 aromatic rings. The molecule has 0 radical (unpaired) electrons. The highest BCUT2D eigenvalue weighted by Crippen LogP contribution is 2.17. The third-order valence-electron chi connectivity index (χ3n) is 1.22. The van der Waals surface area contributed by atoms with Gasteiger partial charge in [0.1, 0.15) is 0 Å². The Morgan fingerprint density at radius 1 is 1.64 bits per heavy atom. The SMILES string of the molecule is COC(=O)C(C)(C)CS(=O)O. The van der Waals surface area contributed by atoms with E-state index in [1.165, 1.54) is 7.11 Å². The summed E-state index contributed by atoms with van der Waals surface area (Å²) in [5.41, 5.74) is -0.881. The zero-order valence-corrected chi connectivity index (χ0v) is 7.60. The Morgan fingerprint density at radius 3 is 2.36 bits per heavy atom. The lowest BCUT2D eigenvalue weighted by Crippen LogP contribution is -2.31. The van der Waals surface area contributed by atoms with E-state index in [0.29, 0.717) is 0 Å². The Bertz CT molecular complexity index is 175. The summed E-state index contributed by atoms with van der Waals surface area (Å²) >= 11 is -1.96. The molecule has 0 rings (SSSR count). The Balaban J connectivity index is 4.21. The van der Waals surface area contributed by atoms with Crippen LogP contribution in [0, 0.1) is 5.41 Å². The molecule has 0 saturated carbocycles. The minimum atomic E-state index is -1.96. The van der Waals surface area contributed by atoms with Crippen LogP contribution in [-0.2, 0) is 20.6 Å². The van der Waals surface area contributed by atoms with Gasteiger partial charge in [0, 0.05) is 0 Å². The van der Waals surface area contributed by atoms with Crippen LogP contribution in [0.5, 0.6) is 0 Å². The zero-order chi connectivity index (χ0) is 9.07. The molecule has 4 nitrogen and oxygen atoms in total. The number of carbonyl (C=O) groups is 1. The molecule has 0 bridgehead atoms. The van der Waals surface area contributed by atoms with Crippen molar-refractivity contribution in [1.82, 2.24) is 0 Å². The summed E-state index contributed by atoms with van der Waals surface area (Å²) in [5.74, 6) is -0.570. The van der Waals surface area contributed by atoms with Crippen molar-refractivity contribution in [2.45, 2.75) is 13.8 Å². The second-order valence-corrected chi connectivity index (χ2v) is 3.77. The van der Waals surface area contributed by atoms with Crippen LogP contribution in [0.3, 0.4) is 0 Å². The Labute approximate surface area is 68.2 Å². The van der Waals surface area contributed by atoms with E-state index in [4.69, 9.17) is 4.55 Å². The van der Waals surface area contributed by atoms with Gasteiger partial charge in [-0.05, 0) is 13.8 Å². The third-order valence-corrected chi connectivity index (χ3v) is 2.19. The van der Waals surface area contributed by atoms with Gasteiger partial charge in [0.2, 0.25) is 0 Å². The molecule has 0 aliphatic heterocycles. The largest absolute Gasteiger partial charge is 0.469 e. The molecule has 0 fully saturated rings. The number of esters is 1. The molecule has 0 spiro atoms. The summed E-state index contributed by atoms with van der Waals surface area (Å²) in [5, 5.41) is 0. The first-order valence-electron chi connectivity index (χ1n) is 3.06. The first-order chi connectivity index (χ1) is 4.90. The van der Waals surface area contributed by atoms with Crippen LogP contribution in [0.2, 0.25) is 0 Å². The van der Waals surface area contributed by atoms with Gasteiger partial charge < -0.3 is 9.29 Å². The number of ether oxygens (including phenoxy) is 1. The lowest BCUT2D eigenvalue weighted by Gasteiger charge is -2.18. The highest BCUT2D eigenvalue weighted by Gasteiger charge is 2.30. The van der Waals surface area contributed by atoms with Crippen molar-refractivity contribution in [2.75, 3.05) is 12.9 Å². The van der Waals surface area contributed by atoms with Crippen molar-refractivity contribution >= 4 is 17.0 Å². The zero-order valence-electron chi connectivity index (χ0n) is 6.79. The second kappa shape index (κ2) is 3.82. The van der Waals surface area contributed by atoms with Gasteiger partial charge in [-0.25, -0.2) is 4.21 Å². The van der Waals surface area contributed by atoms with Crippen molar-refractivity contribution in [3.63, 3.8) is 0 Å². The smallest absolute Gasteiger partial charge is 0.312 e. The van der Waals surface area contributed by atoms with Crippen LogP contribution in [0.4, 0.5) is 0 Å². The van der Waals surface area contributed by atoms with E-state index in [2.05, 4.69) is 4.74 Å². The number of methoxy groups -OCH3 is 1. The van der Waals surface area contributed by atoms with Crippen LogP contribution in [-0.4, -0.2) is 27.6 Å². The van der Waals surface area contributed by atoms with Gasteiger partial charge in [0.05, 0.1) is 18.3 Å². The quantitative estimate of drug-likeness (QED) is 0.504. The van der Waals surface area contributed by atoms with Crippen molar-refractivity contribution in [2.24, 2.45) is 5.41 Å². The maximum Gasteiger partial charge on any atom is 0.312 e. The molecule has 1 atom stereocenters. The predicted octanol–water partition coefficient (Wildman–Crippen LogP) is 0.407. The van der Waals surface area contributed by atoms with Gasteiger partial charge in [0.15, 0.2) is 11.1 Å². The molecule has 0 heterocycles. The van der Waals surface area contributed by atoms with Crippen molar-refractivity contribution < 1.29 is 18.3 Å². The first-order valence-corrected chi connectivity index (χ1v) is 4.33. The highest BCUT2D eigenvalue weighted by atomic mass is 32.2. The summed E-state index contributed by atoms with van der Waals surface area (Å²) in [6.45, 7) is 3.12. The standard InChI is InChI=1S/C6H12O4S/c1-6(2,4-11(8)9)5(7)10-3/h4H2,1-3H3,(H,8,9). The van der Waals surface area contributed by atoms with E-state index in [-0.39, 0.29) is 5.75 Å². The Hall–Kier alpha value is -0.420. The van der Waals surface area contributed by atoms with E-state index >= 15 is 0 Å². The van der Waals surface area contributed by atoms with Gasteiger partial charge in [-0.3, -0.25) is 4.79 Å². The van der Waals surface area contributed by atoms with Gasteiger partial charge in [-0.1, -0.05) is 0 Å². The van der Waals surface area contributed by atoms with Crippen molar-refractivity contribution in [3.8, 4) is 0 Å². The van der Waals surface area contributed by atoms with E-state index in [0.717, 1.165) is 0 Å². The van der Waals surface area contributed by atoms with Crippen LogP contribution in [0.1, 0.15) is 13.8 Å². The number of rotatable bonds is 3. The second-order valence-electron chi connectivity index (χ2n) is 2.84. The van der Waals surface area contributed by atoms with E-state index in [1.807, 2.05) is 0 Å². The molecular formula is C6H12O4S. The lowest BCUT2D eigenvalue weighted by molar-refractivity contribution is -0.149. The van der Waals surface area contributed by atoms with E-state index < -0.39 is 22.5 Å². The molecule has 11 heavy (non-hydrogen) atoms. The molecule has 0 aromatic carbocycles. The minimum absolute atomic E-state index is 0.0975. The molecule has 0 aromatic heterocycles. The van der Waals surface area contributed by atoms with Gasteiger partial charge >= 0.3 is 5.97 Å². The van der Waals surface area contributed by atoms with Crippen LogP contribution in [0.25, 0.3) is 0 Å². The van der Waals surface area contributed by atoms with Gasteiger partial charge in [-0.2, -0.15) is 0 Å². The average molecular weight is 180 g/mol. The maximum absolute atomic E-state index is 10.9.